The van der Waals surface area contributed by atoms with Crippen molar-refractivity contribution < 1.29 is 4.42 Å². The van der Waals surface area contributed by atoms with Crippen LogP contribution in [0, 0.1) is 0 Å². The van der Waals surface area contributed by atoms with Gasteiger partial charge in [0.1, 0.15) is 11.4 Å². The fourth-order valence-corrected chi connectivity index (χ4v) is 9.88. The maximum absolute atomic E-state index is 7.07. The van der Waals surface area contributed by atoms with E-state index in [-0.39, 0.29) is 6.04 Å². The Balaban J connectivity index is 1.13. The minimum Gasteiger partial charge on any atom is -0.454 e. The van der Waals surface area contributed by atoms with E-state index in [0.29, 0.717) is 0 Å². The number of fused-ring (bicyclic) bond motifs is 12. The van der Waals surface area contributed by atoms with E-state index in [1.807, 2.05) is 11.3 Å². The van der Waals surface area contributed by atoms with E-state index < -0.39 is 0 Å². The number of amidine groups is 1. The summed E-state index contributed by atoms with van der Waals surface area (Å²) in [5, 5.41) is 14.5. The second-order valence-corrected chi connectivity index (χ2v) is 15.0. The Labute approximate surface area is 307 Å². The lowest BCUT2D eigenvalue weighted by Crippen LogP contribution is -2.32. The standard InChI is InChI=1S/C48H29N3OS/c1-2-13-28(14-3-1)44-47-45(34-20-9-11-24-42(34)53-47)50-48(49-44)37-27-41-43(33-19-7-6-17-31(33)37)35-21-12-23-39(46(35)52-41)51-38-22-10-8-18-32(38)36-25-29-15-4-5-16-30(29)26-40(36)51/h1-27,44H,(H,49,50). The Morgan fingerprint density at radius 1 is 0.566 bits per heavy atom. The summed E-state index contributed by atoms with van der Waals surface area (Å²) in [6.07, 6.45) is 0. The average Bonchev–Trinajstić information content (AvgIpc) is 3.89. The summed E-state index contributed by atoms with van der Waals surface area (Å²) in [6.45, 7) is 0. The summed E-state index contributed by atoms with van der Waals surface area (Å²) >= 11 is 1.82. The van der Waals surface area contributed by atoms with Crippen LogP contribution in [0.2, 0.25) is 0 Å². The van der Waals surface area contributed by atoms with Crippen molar-refractivity contribution in [1.29, 1.82) is 0 Å². The Hall–Kier alpha value is -6.69. The van der Waals surface area contributed by atoms with E-state index in [1.54, 1.807) is 0 Å². The number of aromatic nitrogens is 1. The highest BCUT2D eigenvalue weighted by molar-refractivity contribution is 7.19. The fraction of sp³-hybridized carbons (Fsp3) is 0.0208. The molecule has 0 spiro atoms. The third-order valence-electron chi connectivity index (χ3n) is 11.0. The van der Waals surface area contributed by atoms with Crippen LogP contribution >= 0.6 is 11.3 Å². The van der Waals surface area contributed by atoms with Crippen LogP contribution in [0.1, 0.15) is 22.0 Å². The van der Waals surface area contributed by atoms with Crippen LogP contribution in [0.4, 0.5) is 5.69 Å². The summed E-state index contributed by atoms with van der Waals surface area (Å²) < 4.78 is 10.7. The van der Waals surface area contributed by atoms with Crippen LogP contribution in [0.5, 0.6) is 0 Å². The molecule has 0 aliphatic carbocycles. The van der Waals surface area contributed by atoms with E-state index in [4.69, 9.17) is 9.41 Å². The zero-order valence-corrected chi connectivity index (χ0v) is 29.2. The molecule has 1 aliphatic rings. The Bertz CT molecular complexity index is 3330. The van der Waals surface area contributed by atoms with Gasteiger partial charge in [-0.3, -0.25) is 0 Å². The maximum atomic E-state index is 7.07. The van der Waals surface area contributed by atoms with E-state index in [0.717, 1.165) is 66.5 Å². The number of aliphatic imine (C=N–C) groups is 1. The lowest BCUT2D eigenvalue weighted by Gasteiger charge is -2.26. The highest BCUT2D eigenvalue weighted by Gasteiger charge is 2.30. The van der Waals surface area contributed by atoms with Gasteiger partial charge in [0.15, 0.2) is 5.58 Å². The Morgan fingerprint density at radius 2 is 1.26 bits per heavy atom. The molecular formula is C48H29N3OS. The van der Waals surface area contributed by atoms with Gasteiger partial charge in [-0.1, -0.05) is 127 Å². The number of rotatable bonds is 3. The number of hydrogen-bond donors (Lipinski definition) is 1. The van der Waals surface area contributed by atoms with Crippen molar-refractivity contribution in [3.05, 3.63) is 180 Å². The number of benzene rings is 8. The van der Waals surface area contributed by atoms with Crippen molar-refractivity contribution in [1.82, 2.24) is 9.88 Å². The van der Waals surface area contributed by atoms with Crippen LogP contribution in [0.3, 0.4) is 0 Å². The van der Waals surface area contributed by atoms with Gasteiger partial charge in [-0.2, -0.15) is 0 Å². The van der Waals surface area contributed by atoms with Crippen LogP contribution in [-0.4, -0.2) is 10.4 Å². The number of nitrogens with one attached hydrogen (secondary N) is 1. The number of nitrogens with zero attached hydrogens (tertiary/aromatic N) is 2. The zero-order valence-electron chi connectivity index (χ0n) is 28.4. The minimum atomic E-state index is -0.0285. The molecule has 3 aromatic heterocycles. The molecule has 1 N–H and O–H groups in total. The molecule has 0 saturated heterocycles. The summed E-state index contributed by atoms with van der Waals surface area (Å²) in [6, 6.07) is 58.7. The van der Waals surface area contributed by atoms with Crippen molar-refractivity contribution in [2.24, 2.45) is 4.99 Å². The Morgan fingerprint density at radius 3 is 2.13 bits per heavy atom. The van der Waals surface area contributed by atoms with Crippen molar-refractivity contribution in [3.63, 3.8) is 0 Å². The lowest BCUT2D eigenvalue weighted by atomic mass is 9.96. The molecule has 248 valence electrons. The lowest BCUT2D eigenvalue weighted by molar-refractivity contribution is 0.666. The molecule has 11 aromatic rings. The van der Waals surface area contributed by atoms with Crippen molar-refractivity contribution >= 4 is 98.2 Å². The largest absolute Gasteiger partial charge is 0.454 e. The molecular weight excluding hydrogens is 667 g/mol. The minimum absolute atomic E-state index is 0.0285. The number of para-hydroxylation sites is 2. The van der Waals surface area contributed by atoms with Gasteiger partial charge in [0.2, 0.25) is 0 Å². The molecule has 4 nitrogen and oxygen atoms in total. The second kappa shape index (κ2) is 10.9. The highest BCUT2D eigenvalue weighted by atomic mass is 32.1. The van der Waals surface area contributed by atoms with E-state index in [9.17, 15) is 0 Å². The van der Waals surface area contributed by atoms with Gasteiger partial charge >= 0.3 is 0 Å². The number of thiophene rings is 1. The predicted molar refractivity (Wildman–Crippen MR) is 223 cm³/mol. The fourth-order valence-electron chi connectivity index (χ4n) is 8.66. The zero-order chi connectivity index (χ0) is 34.6. The SMILES string of the molecule is c1ccc(C2NC(c3cc4oc5c(-n6c7ccccc7c7cc8ccccc8cc76)cccc5c4c4ccccc34)=Nc3c2sc2ccccc32)cc1. The molecule has 12 rings (SSSR count). The smallest absolute Gasteiger partial charge is 0.159 e. The van der Waals surface area contributed by atoms with Gasteiger partial charge in [0, 0.05) is 37.2 Å². The molecule has 0 bridgehead atoms. The third-order valence-corrected chi connectivity index (χ3v) is 12.2. The molecule has 0 saturated carbocycles. The first-order valence-corrected chi connectivity index (χ1v) is 18.8. The summed E-state index contributed by atoms with van der Waals surface area (Å²) in [7, 11) is 0. The van der Waals surface area contributed by atoms with Gasteiger partial charge in [-0.25, -0.2) is 4.99 Å². The molecule has 0 amide bonds. The van der Waals surface area contributed by atoms with Crippen molar-refractivity contribution in [2.45, 2.75) is 6.04 Å². The molecule has 1 unspecified atom stereocenters. The van der Waals surface area contributed by atoms with Gasteiger partial charge in [0.25, 0.3) is 0 Å². The molecule has 5 heteroatoms. The molecule has 53 heavy (non-hydrogen) atoms. The third kappa shape index (κ3) is 4.14. The van der Waals surface area contributed by atoms with Crippen LogP contribution in [0.15, 0.2) is 173 Å². The van der Waals surface area contributed by atoms with Crippen LogP contribution < -0.4 is 5.32 Å². The molecule has 4 heterocycles. The maximum Gasteiger partial charge on any atom is 0.159 e. The van der Waals surface area contributed by atoms with Gasteiger partial charge in [-0.05, 0) is 63.5 Å². The van der Waals surface area contributed by atoms with Gasteiger partial charge < -0.3 is 14.3 Å². The normalized spacial score (nSPS) is 14.5. The van der Waals surface area contributed by atoms with Crippen LogP contribution in [0.25, 0.3) is 81.1 Å². The average molecular weight is 696 g/mol. The van der Waals surface area contributed by atoms with Gasteiger partial charge in [-0.15, -0.1) is 11.3 Å². The van der Waals surface area contributed by atoms with E-state index >= 15 is 0 Å². The van der Waals surface area contributed by atoms with Crippen molar-refractivity contribution in [2.75, 3.05) is 0 Å². The van der Waals surface area contributed by atoms with Crippen molar-refractivity contribution in [3.8, 4) is 5.69 Å². The number of furan rings is 1. The monoisotopic (exact) mass is 695 g/mol. The van der Waals surface area contributed by atoms with Gasteiger partial charge in [0.05, 0.1) is 33.3 Å². The Kier molecular flexibility index (Phi) is 5.96. The first kappa shape index (κ1) is 28.9. The topological polar surface area (TPSA) is 42.5 Å². The number of hydrogen-bond acceptors (Lipinski definition) is 4. The van der Waals surface area contributed by atoms with E-state index in [2.05, 4.69) is 174 Å². The van der Waals surface area contributed by atoms with Crippen LogP contribution in [-0.2, 0) is 0 Å². The summed E-state index contributed by atoms with van der Waals surface area (Å²) in [5.74, 6) is 0.850. The molecule has 1 aliphatic heterocycles. The van der Waals surface area contributed by atoms with E-state index in [1.165, 1.54) is 42.1 Å². The summed E-state index contributed by atoms with van der Waals surface area (Å²) in [4.78, 5) is 6.65. The first-order valence-electron chi connectivity index (χ1n) is 18.0. The highest BCUT2D eigenvalue weighted by Crippen LogP contribution is 2.47. The second-order valence-electron chi connectivity index (χ2n) is 13.9. The molecule has 8 aromatic carbocycles. The molecule has 0 fully saturated rings. The quantitative estimate of drug-likeness (QED) is 0.200. The summed E-state index contributed by atoms with van der Waals surface area (Å²) in [5.41, 5.74) is 8.34. The molecule has 0 radical (unpaired) electrons. The molecule has 1 atom stereocenters. The first-order chi connectivity index (χ1) is 26.3. The predicted octanol–water partition coefficient (Wildman–Crippen LogP) is 13.0.